The Hall–Kier alpha value is -1.35. The number of likely N-dealkylation sites (N-methyl/N-ethyl adjacent to an activating group) is 1. The molecule has 0 saturated heterocycles. The van der Waals surface area contributed by atoms with Crippen molar-refractivity contribution in [2.45, 2.75) is 25.7 Å². The third-order valence-electron chi connectivity index (χ3n) is 3.59. The molecule has 2 amide bonds. The molecule has 4 heteroatoms. The molecule has 17 heavy (non-hydrogen) atoms. The van der Waals surface area contributed by atoms with Gasteiger partial charge in [0.25, 0.3) is 5.91 Å². The summed E-state index contributed by atoms with van der Waals surface area (Å²) in [4.78, 5) is 25.4. The second-order valence-electron chi connectivity index (χ2n) is 4.54. The van der Waals surface area contributed by atoms with E-state index < -0.39 is 5.41 Å². The van der Waals surface area contributed by atoms with Crippen LogP contribution in [0.4, 0.5) is 0 Å². The van der Waals surface area contributed by atoms with Crippen LogP contribution in [-0.4, -0.2) is 23.8 Å². The summed E-state index contributed by atoms with van der Waals surface area (Å²) in [5.41, 5.74) is 0.643. The summed E-state index contributed by atoms with van der Waals surface area (Å²) in [6.45, 7) is 3.79. The lowest BCUT2D eigenvalue weighted by Gasteiger charge is -2.37. The van der Waals surface area contributed by atoms with Crippen LogP contribution in [0.5, 0.6) is 0 Å². The normalized spacial score (nSPS) is 23.9. The summed E-state index contributed by atoms with van der Waals surface area (Å²) >= 11 is 5.96. The van der Waals surface area contributed by atoms with Gasteiger partial charge in [0.15, 0.2) is 0 Å². The Kier molecular flexibility index (Phi) is 2.74. The Morgan fingerprint density at radius 3 is 2.59 bits per heavy atom. The van der Waals surface area contributed by atoms with Gasteiger partial charge in [0, 0.05) is 17.6 Å². The van der Waals surface area contributed by atoms with E-state index in [2.05, 4.69) is 0 Å². The lowest BCUT2D eigenvalue weighted by Crippen LogP contribution is -2.51. The molecule has 1 unspecified atom stereocenters. The first kappa shape index (κ1) is 12.1. The Labute approximate surface area is 105 Å². The van der Waals surface area contributed by atoms with Crippen LogP contribution >= 0.6 is 11.6 Å². The van der Waals surface area contributed by atoms with Crippen LogP contribution in [0.1, 0.15) is 36.2 Å². The predicted octanol–water partition coefficient (Wildman–Crippen LogP) is 2.62. The van der Waals surface area contributed by atoms with Crippen LogP contribution in [0.15, 0.2) is 18.2 Å². The van der Waals surface area contributed by atoms with Gasteiger partial charge >= 0.3 is 0 Å². The van der Waals surface area contributed by atoms with Crippen LogP contribution in [0, 0.1) is 0 Å². The van der Waals surface area contributed by atoms with Crippen molar-refractivity contribution in [2.24, 2.45) is 0 Å². The van der Waals surface area contributed by atoms with Crippen molar-refractivity contribution in [3.63, 3.8) is 0 Å². The first-order valence-electron chi connectivity index (χ1n) is 5.54. The van der Waals surface area contributed by atoms with E-state index >= 15 is 0 Å². The molecule has 2 rings (SSSR count). The van der Waals surface area contributed by atoms with Gasteiger partial charge in [0.05, 0.1) is 5.41 Å². The SMILES string of the molecule is CCC1(C)C(=O)N(C)C(=O)c2ccc(Cl)cc21. The zero-order chi connectivity index (χ0) is 12.8. The maximum atomic E-state index is 12.2. The monoisotopic (exact) mass is 251 g/mol. The van der Waals surface area contributed by atoms with Gasteiger partial charge in [0.1, 0.15) is 0 Å². The fourth-order valence-electron chi connectivity index (χ4n) is 2.26. The summed E-state index contributed by atoms with van der Waals surface area (Å²) in [6, 6.07) is 5.10. The van der Waals surface area contributed by atoms with Crippen molar-refractivity contribution in [1.29, 1.82) is 0 Å². The summed E-state index contributed by atoms with van der Waals surface area (Å²) in [7, 11) is 1.52. The maximum Gasteiger partial charge on any atom is 0.260 e. The smallest absolute Gasteiger partial charge is 0.260 e. The standard InChI is InChI=1S/C13H14ClNO2/c1-4-13(2)10-7-8(14)5-6-9(10)11(16)15(3)12(13)17/h5-7H,4H2,1-3H3. The van der Waals surface area contributed by atoms with E-state index in [1.54, 1.807) is 18.2 Å². The number of halogens is 1. The molecular weight excluding hydrogens is 238 g/mol. The van der Waals surface area contributed by atoms with E-state index in [1.165, 1.54) is 11.9 Å². The number of hydrogen-bond donors (Lipinski definition) is 0. The molecule has 0 aromatic heterocycles. The number of carbonyl (C=O) groups is 2. The molecule has 1 aromatic carbocycles. The van der Waals surface area contributed by atoms with Gasteiger partial charge in [-0.25, -0.2) is 0 Å². The molecule has 90 valence electrons. The average molecular weight is 252 g/mol. The van der Waals surface area contributed by atoms with Crippen LogP contribution in [0.2, 0.25) is 5.02 Å². The number of amides is 2. The summed E-state index contributed by atoms with van der Waals surface area (Å²) in [5.74, 6) is -0.424. The van der Waals surface area contributed by atoms with Gasteiger partial charge < -0.3 is 0 Å². The molecule has 1 aliphatic rings. The molecule has 1 aromatic rings. The molecule has 1 atom stereocenters. The van der Waals surface area contributed by atoms with E-state index in [4.69, 9.17) is 11.6 Å². The van der Waals surface area contributed by atoms with Crippen LogP contribution in [0.3, 0.4) is 0 Å². The molecule has 0 saturated carbocycles. The van der Waals surface area contributed by atoms with Crippen molar-refractivity contribution >= 4 is 23.4 Å². The maximum absolute atomic E-state index is 12.2. The molecule has 0 spiro atoms. The highest BCUT2D eigenvalue weighted by Crippen LogP contribution is 2.37. The molecule has 0 aliphatic carbocycles. The van der Waals surface area contributed by atoms with E-state index in [-0.39, 0.29) is 11.8 Å². The minimum atomic E-state index is -0.664. The van der Waals surface area contributed by atoms with E-state index in [0.29, 0.717) is 17.0 Å². The quantitative estimate of drug-likeness (QED) is 0.720. The Bertz CT molecular complexity index is 512. The van der Waals surface area contributed by atoms with Gasteiger partial charge in [-0.2, -0.15) is 0 Å². The third-order valence-corrected chi connectivity index (χ3v) is 3.83. The van der Waals surface area contributed by atoms with Crippen molar-refractivity contribution in [1.82, 2.24) is 4.90 Å². The molecule has 0 fully saturated rings. The lowest BCUT2D eigenvalue weighted by molar-refractivity contribution is -0.133. The largest absolute Gasteiger partial charge is 0.281 e. The molecular formula is C13H14ClNO2. The van der Waals surface area contributed by atoms with Crippen LogP contribution in [0.25, 0.3) is 0 Å². The third kappa shape index (κ3) is 1.57. The van der Waals surface area contributed by atoms with E-state index in [1.807, 2.05) is 13.8 Å². The number of rotatable bonds is 1. The first-order chi connectivity index (χ1) is 7.91. The van der Waals surface area contributed by atoms with Crippen molar-refractivity contribution in [2.75, 3.05) is 7.05 Å². The van der Waals surface area contributed by atoms with Gasteiger partial charge in [-0.15, -0.1) is 0 Å². The predicted molar refractivity (Wildman–Crippen MR) is 66.2 cm³/mol. The molecule has 0 bridgehead atoms. The Morgan fingerprint density at radius 1 is 1.35 bits per heavy atom. The molecule has 3 nitrogen and oxygen atoms in total. The van der Waals surface area contributed by atoms with Gasteiger partial charge in [-0.1, -0.05) is 18.5 Å². The number of imide groups is 1. The van der Waals surface area contributed by atoms with Crippen molar-refractivity contribution in [3.8, 4) is 0 Å². The van der Waals surface area contributed by atoms with Crippen LogP contribution in [-0.2, 0) is 10.2 Å². The minimum absolute atomic E-state index is 0.167. The average Bonchev–Trinajstić information content (AvgIpc) is 2.33. The fraction of sp³-hybridized carbons (Fsp3) is 0.385. The van der Waals surface area contributed by atoms with Crippen LogP contribution < -0.4 is 0 Å². The second-order valence-corrected chi connectivity index (χ2v) is 4.98. The molecule has 0 radical (unpaired) electrons. The van der Waals surface area contributed by atoms with E-state index in [9.17, 15) is 9.59 Å². The Morgan fingerprint density at radius 2 is 2.00 bits per heavy atom. The molecule has 0 N–H and O–H groups in total. The van der Waals surface area contributed by atoms with Crippen molar-refractivity contribution in [3.05, 3.63) is 34.3 Å². The Balaban J connectivity index is 2.74. The summed E-state index contributed by atoms with van der Waals surface area (Å²) in [5, 5.41) is 0.550. The first-order valence-corrected chi connectivity index (χ1v) is 5.92. The number of fused-ring (bicyclic) bond motifs is 1. The highest BCUT2D eigenvalue weighted by atomic mass is 35.5. The minimum Gasteiger partial charge on any atom is -0.281 e. The topological polar surface area (TPSA) is 37.4 Å². The highest BCUT2D eigenvalue weighted by molar-refractivity contribution is 6.31. The number of hydrogen-bond acceptors (Lipinski definition) is 2. The zero-order valence-electron chi connectivity index (χ0n) is 10.1. The summed E-state index contributed by atoms with van der Waals surface area (Å²) < 4.78 is 0. The number of benzene rings is 1. The highest BCUT2D eigenvalue weighted by Gasteiger charge is 2.44. The van der Waals surface area contributed by atoms with E-state index in [0.717, 1.165) is 5.56 Å². The fourth-order valence-corrected chi connectivity index (χ4v) is 2.43. The zero-order valence-corrected chi connectivity index (χ0v) is 10.8. The number of carbonyl (C=O) groups excluding carboxylic acids is 2. The van der Waals surface area contributed by atoms with Gasteiger partial charge in [0.2, 0.25) is 5.91 Å². The second kappa shape index (κ2) is 3.84. The van der Waals surface area contributed by atoms with Gasteiger partial charge in [-0.05, 0) is 37.1 Å². The lowest BCUT2D eigenvalue weighted by atomic mass is 9.74. The van der Waals surface area contributed by atoms with Gasteiger partial charge in [-0.3, -0.25) is 14.5 Å². The molecule has 1 aliphatic heterocycles. The number of nitrogens with zero attached hydrogens (tertiary/aromatic N) is 1. The molecule has 1 heterocycles. The summed E-state index contributed by atoms with van der Waals surface area (Å²) in [6.07, 6.45) is 0.636. The van der Waals surface area contributed by atoms with Crippen molar-refractivity contribution < 1.29 is 9.59 Å².